The van der Waals surface area contributed by atoms with E-state index in [1.807, 2.05) is 0 Å². The molecule has 2 aromatic heterocycles. The van der Waals surface area contributed by atoms with E-state index >= 15 is 0 Å². The Bertz CT molecular complexity index is 1280. The quantitative estimate of drug-likeness (QED) is 0.433. The van der Waals surface area contributed by atoms with Crippen molar-refractivity contribution < 1.29 is 27.2 Å². The van der Waals surface area contributed by atoms with Crippen LogP contribution in [0, 0.1) is 5.82 Å². The number of carbonyl (C=O) groups excluding carboxylic acids is 1. The van der Waals surface area contributed by atoms with Crippen molar-refractivity contribution in [2.75, 3.05) is 0 Å². The summed E-state index contributed by atoms with van der Waals surface area (Å²) in [5.74, 6) is -2.29. The van der Waals surface area contributed by atoms with E-state index in [0.717, 1.165) is 20.0 Å². The van der Waals surface area contributed by atoms with Gasteiger partial charge in [0.2, 0.25) is 5.82 Å². The number of hydrogen-bond acceptors (Lipinski definition) is 7. The highest BCUT2D eigenvalue weighted by molar-refractivity contribution is 6.33. The minimum atomic E-state index is -4.98. The maximum absolute atomic E-state index is 14.5. The number of benzene rings is 1. The van der Waals surface area contributed by atoms with Crippen LogP contribution in [0.3, 0.4) is 0 Å². The molecule has 3 rings (SSSR count). The van der Waals surface area contributed by atoms with E-state index in [4.69, 9.17) is 16.4 Å². The average Bonchev–Trinajstić information content (AvgIpc) is 3.06. The molecule has 0 saturated carbocycles. The van der Waals surface area contributed by atoms with Crippen LogP contribution in [0.15, 0.2) is 27.8 Å². The molecule has 0 radical (unpaired) electrons. The van der Waals surface area contributed by atoms with Crippen molar-refractivity contribution in [3.8, 4) is 17.1 Å². The van der Waals surface area contributed by atoms with Gasteiger partial charge in [-0.25, -0.2) is 18.5 Å². The van der Waals surface area contributed by atoms with Crippen molar-refractivity contribution in [2.24, 2.45) is 7.05 Å². The third-order valence-electron chi connectivity index (χ3n) is 3.79. The predicted molar refractivity (Wildman–Crippen MR) is 91.3 cm³/mol. The van der Waals surface area contributed by atoms with Crippen LogP contribution in [0.2, 0.25) is 5.02 Å². The Morgan fingerprint density at radius 3 is 2.47 bits per heavy atom. The van der Waals surface area contributed by atoms with Crippen molar-refractivity contribution in [3.63, 3.8) is 0 Å². The highest BCUT2D eigenvalue weighted by Gasteiger charge is 2.35. The van der Waals surface area contributed by atoms with Gasteiger partial charge in [-0.3, -0.25) is 9.36 Å². The summed E-state index contributed by atoms with van der Waals surface area (Å²) in [6, 6.07) is 1.71. The van der Waals surface area contributed by atoms with Gasteiger partial charge in [-0.05, 0) is 27.4 Å². The maximum Gasteiger partial charge on any atom is 0.431 e. The first-order valence-corrected chi connectivity index (χ1v) is 8.17. The second-order valence-electron chi connectivity index (χ2n) is 5.78. The molecule has 0 aliphatic rings. The number of aromatic nitrogens is 6. The van der Waals surface area contributed by atoms with Gasteiger partial charge in [0.15, 0.2) is 0 Å². The van der Waals surface area contributed by atoms with Crippen LogP contribution >= 0.6 is 11.6 Å². The molecule has 0 spiro atoms. The fourth-order valence-electron chi connectivity index (χ4n) is 2.52. The van der Waals surface area contributed by atoms with E-state index < -0.39 is 40.6 Å². The summed E-state index contributed by atoms with van der Waals surface area (Å²) >= 11 is 5.98. The van der Waals surface area contributed by atoms with Crippen LogP contribution in [0.4, 0.5) is 17.6 Å². The van der Waals surface area contributed by atoms with Crippen LogP contribution < -0.4 is 16.1 Å². The molecule has 3 aromatic rings. The van der Waals surface area contributed by atoms with Crippen molar-refractivity contribution >= 4 is 17.6 Å². The van der Waals surface area contributed by atoms with Crippen LogP contribution in [-0.2, 0) is 18.0 Å². The first-order valence-electron chi connectivity index (χ1n) is 7.79. The number of rotatable bonds is 3. The molecule has 2 heterocycles. The molecule has 0 saturated heterocycles. The summed E-state index contributed by atoms with van der Waals surface area (Å²) in [7, 11) is 0.775. The molecular formula is C15H9ClF4N6O4. The first-order chi connectivity index (χ1) is 13.9. The predicted octanol–water partition coefficient (Wildman–Crippen LogP) is 0.976. The highest BCUT2D eigenvalue weighted by Crippen LogP contribution is 2.30. The molecule has 0 N–H and O–H groups in total. The molecule has 158 valence electrons. The van der Waals surface area contributed by atoms with Gasteiger partial charge in [-0.1, -0.05) is 11.6 Å². The standard InChI is InChI=1S/C15H9ClF4N6O4/c1-6(27)30-26-13(21-22-23-26)7-3-10(9(17)4-8(7)16)25-12(28)5-11(15(18,19)20)24(2)14(25)29/h3-5H,1-2H3. The molecule has 0 fully saturated rings. The van der Waals surface area contributed by atoms with Crippen molar-refractivity contribution in [2.45, 2.75) is 13.1 Å². The molecule has 15 heteroatoms. The Balaban J connectivity index is 2.28. The van der Waals surface area contributed by atoms with E-state index in [1.54, 1.807) is 0 Å². The topological polar surface area (TPSA) is 114 Å². The van der Waals surface area contributed by atoms with Gasteiger partial charge in [0.1, 0.15) is 11.5 Å². The largest absolute Gasteiger partial charge is 0.431 e. The monoisotopic (exact) mass is 448 g/mol. The average molecular weight is 449 g/mol. The number of halogens is 5. The second-order valence-corrected chi connectivity index (χ2v) is 6.19. The van der Waals surface area contributed by atoms with Crippen LogP contribution in [0.1, 0.15) is 12.6 Å². The lowest BCUT2D eigenvalue weighted by Gasteiger charge is -2.15. The molecule has 10 nitrogen and oxygen atoms in total. The summed E-state index contributed by atoms with van der Waals surface area (Å²) in [4.78, 5) is 41.1. The Labute approximate surface area is 167 Å². The fourth-order valence-corrected chi connectivity index (χ4v) is 2.75. The van der Waals surface area contributed by atoms with Gasteiger partial charge >= 0.3 is 17.8 Å². The zero-order valence-electron chi connectivity index (χ0n) is 14.9. The lowest BCUT2D eigenvalue weighted by atomic mass is 10.1. The van der Waals surface area contributed by atoms with E-state index in [-0.39, 0.29) is 31.6 Å². The third kappa shape index (κ3) is 3.68. The van der Waals surface area contributed by atoms with Gasteiger partial charge in [0.25, 0.3) is 5.56 Å². The third-order valence-corrected chi connectivity index (χ3v) is 4.10. The van der Waals surface area contributed by atoms with Crippen molar-refractivity contribution in [3.05, 3.63) is 55.6 Å². The Hall–Kier alpha value is -3.55. The smallest absolute Gasteiger partial charge is 0.316 e. The molecule has 0 atom stereocenters. The Morgan fingerprint density at radius 1 is 1.20 bits per heavy atom. The summed E-state index contributed by atoms with van der Waals surface area (Å²) < 4.78 is 53.9. The molecule has 30 heavy (non-hydrogen) atoms. The summed E-state index contributed by atoms with van der Waals surface area (Å²) in [6.45, 7) is 1.05. The summed E-state index contributed by atoms with van der Waals surface area (Å²) in [5, 5.41) is 9.94. The highest BCUT2D eigenvalue weighted by atomic mass is 35.5. The number of tetrazole rings is 1. The van der Waals surface area contributed by atoms with Crippen LogP contribution in [0.5, 0.6) is 0 Å². The summed E-state index contributed by atoms with van der Waals surface area (Å²) in [6.07, 6.45) is -4.98. The van der Waals surface area contributed by atoms with Crippen LogP contribution in [0.25, 0.3) is 17.1 Å². The molecule has 0 amide bonds. The summed E-state index contributed by atoms with van der Waals surface area (Å²) in [5.41, 5.74) is -5.29. The first kappa shape index (κ1) is 21.2. The minimum Gasteiger partial charge on any atom is -0.316 e. The number of nitrogens with zero attached hydrogens (tertiary/aromatic N) is 6. The van der Waals surface area contributed by atoms with E-state index in [0.29, 0.717) is 10.9 Å². The van der Waals surface area contributed by atoms with E-state index in [2.05, 4.69) is 15.5 Å². The van der Waals surface area contributed by atoms with Crippen molar-refractivity contribution in [1.82, 2.24) is 29.5 Å². The second kappa shape index (κ2) is 7.37. The SMILES string of the molecule is CC(=O)On1nnnc1-c1cc(-n2c(=O)cc(C(F)(F)F)n(C)c2=O)c(F)cc1Cl. The van der Waals surface area contributed by atoms with Gasteiger partial charge in [0, 0.05) is 25.6 Å². The number of hydrogen-bond donors (Lipinski definition) is 0. The molecule has 0 aliphatic heterocycles. The van der Waals surface area contributed by atoms with Crippen molar-refractivity contribution in [1.29, 1.82) is 0 Å². The number of alkyl halides is 3. The number of carbonyl (C=O) groups is 1. The molecule has 1 aromatic carbocycles. The fraction of sp³-hybridized carbons (Fsp3) is 0.200. The molecule has 0 bridgehead atoms. The van der Waals surface area contributed by atoms with E-state index in [9.17, 15) is 31.9 Å². The minimum absolute atomic E-state index is 0.151. The van der Waals surface area contributed by atoms with Gasteiger partial charge in [0.05, 0.1) is 10.7 Å². The lowest BCUT2D eigenvalue weighted by molar-refractivity contribution is -0.144. The van der Waals surface area contributed by atoms with Gasteiger partial charge in [-0.15, -0.1) is 5.10 Å². The van der Waals surface area contributed by atoms with Gasteiger partial charge in [-0.2, -0.15) is 13.2 Å². The Morgan fingerprint density at radius 2 is 1.87 bits per heavy atom. The lowest BCUT2D eigenvalue weighted by Crippen LogP contribution is -2.41. The van der Waals surface area contributed by atoms with Crippen LogP contribution in [-0.4, -0.2) is 35.5 Å². The molecule has 0 aliphatic carbocycles. The zero-order chi connectivity index (χ0) is 22.4. The maximum atomic E-state index is 14.5. The molecular weight excluding hydrogens is 440 g/mol. The van der Waals surface area contributed by atoms with E-state index in [1.165, 1.54) is 0 Å². The zero-order valence-corrected chi connectivity index (χ0v) is 15.7. The molecule has 0 unspecified atom stereocenters. The Kier molecular flexibility index (Phi) is 5.20. The van der Waals surface area contributed by atoms with Gasteiger partial charge < -0.3 is 4.84 Å². The normalized spacial score (nSPS) is 11.6.